The van der Waals surface area contributed by atoms with Gasteiger partial charge in [-0.1, -0.05) is 19.1 Å². The first-order valence-corrected chi connectivity index (χ1v) is 6.98. The first kappa shape index (κ1) is 13.9. The summed E-state index contributed by atoms with van der Waals surface area (Å²) in [5.74, 6) is 0. The molecule has 0 N–H and O–H groups in total. The van der Waals surface area contributed by atoms with Gasteiger partial charge in [-0.25, -0.2) is 0 Å². The highest BCUT2D eigenvalue weighted by molar-refractivity contribution is 5.45. The van der Waals surface area contributed by atoms with Crippen LogP contribution in [0.2, 0.25) is 0 Å². The number of nitriles is 1. The third-order valence-electron chi connectivity index (χ3n) is 3.92. The fraction of sp³-hybridized carbons (Fsp3) is 0.562. The van der Waals surface area contributed by atoms with E-state index in [9.17, 15) is 5.26 Å². The van der Waals surface area contributed by atoms with Crippen LogP contribution in [0.25, 0.3) is 0 Å². The quantitative estimate of drug-likeness (QED) is 0.785. The van der Waals surface area contributed by atoms with Gasteiger partial charge < -0.3 is 4.90 Å². The summed E-state index contributed by atoms with van der Waals surface area (Å²) in [4.78, 5) is 4.48. The molecule has 3 nitrogen and oxygen atoms in total. The second-order valence-corrected chi connectivity index (χ2v) is 5.76. The highest BCUT2D eigenvalue weighted by Gasteiger charge is 2.44. The summed E-state index contributed by atoms with van der Waals surface area (Å²) in [6.07, 6.45) is 2.14. The topological polar surface area (TPSA) is 30.3 Å². The highest BCUT2D eigenvalue weighted by atomic mass is 15.1. The smallest absolute Gasteiger partial charge is 0.0703 e. The van der Waals surface area contributed by atoms with Crippen LogP contribution in [-0.4, -0.2) is 32.1 Å². The van der Waals surface area contributed by atoms with E-state index in [4.69, 9.17) is 0 Å². The van der Waals surface area contributed by atoms with Gasteiger partial charge in [-0.2, -0.15) is 5.26 Å². The maximum absolute atomic E-state index is 9.18. The molecule has 0 atom stereocenters. The molecule has 0 bridgehead atoms. The number of anilines is 1. The second-order valence-electron chi connectivity index (χ2n) is 5.76. The van der Waals surface area contributed by atoms with E-state index in [-0.39, 0.29) is 5.41 Å². The molecule has 1 aromatic carbocycles. The summed E-state index contributed by atoms with van der Waals surface area (Å²) in [6.45, 7) is 5.02. The predicted octanol–water partition coefficient (Wildman–Crippen LogP) is 2.88. The minimum atomic E-state index is -0.0421. The van der Waals surface area contributed by atoms with E-state index >= 15 is 0 Å². The number of hydrogen-bond donors (Lipinski definition) is 0. The van der Waals surface area contributed by atoms with Gasteiger partial charge in [-0.15, -0.1) is 0 Å². The Kier molecular flexibility index (Phi) is 4.11. The first-order chi connectivity index (χ1) is 9.08. The normalized spacial score (nSPS) is 16.2. The number of benzene rings is 1. The Balaban J connectivity index is 1.96. The van der Waals surface area contributed by atoms with Crippen LogP contribution in [0, 0.1) is 16.7 Å². The molecular weight excluding hydrogens is 234 g/mol. The van der Waals surface area contributed by atoms with Gasteiger partial charge in [0.2, 0.25) is 0 Å². The molecule has 0 amide bonds. The van der Waals surface area contributed by atoms with Gasteiger partial charge in [0.1, 0.15) is 0 Å². The van der Waals surface area contributed by atoms with Crippen molar-refractivity contribution in [1.29, 1.82) is 5.26 Å². The van der Waals surface area contributed by atoms with Crippen molar-refractivity contribution >= 4 is 5.69 Å². The molecule has 0 radical (unpaired) electrons. The third-order valence-corrected chi connectivity index (χ3v) is 3.92. The first-order valence-electron chi connectivity index (χ1n) is 6.98. The van der Waals surface area contributed by atoms with Crippen molar-refractivity contribution < 1.29 is 0 Å². The Morgan fingerprint density at radius 2 is 1.84 bits per heavy atom. The molecule has 1 saturated carbocycles. The van der Waals surface area contributed by atoms with Crippen LogP contribution < -0.4 is 4.90 Å². The van der Waals surface area contributed by atoms with Gasteiger partial charge in [-0.05, 0) is 37.1 Å². The van der Waals surface area contributed by atoms with Crippen LogP contribution in [-0.2, 0) is 6.54 Å². The Morgan fingerprint density at radius 3 is 2.26 bits per heavy atom. The summed E-state index contributed by atoms with van der Waals surface area (Å²) < 4.78 is 0. The van der Waals surface area contributed by atoms with Crippen LogP contribution in [0.5, 0.6) is 0 Å². The molecule has 0 heterocycles. The van der Waals surface area contributed by atoms with Crippen molar-refractivity contribution in [3.05, 3.63) is 29.8 Å². The molecule has 0 saturated heterocycles. The fourth-order valence-electron chi connectivity index (χ4n) is 2.32. The number of hydrogen-bond acceptors (Lipinski definition) is 3. The van der Waals surface area contributed by atoms with E-state index < -0.39 is 0 Å². The van der Waals surface area contributed by atoms with Crippen molar-refractivity contribution in [1.82, 2.24) is 4.90 Å². The molecule has 102 valence electrons. The molecule has 0 aliphatic heterocycles. The third kappa shape index (κ3) is 3.48. The molecule has 0 spiro atoms. The van der Waals surface area contributed by atoms with E-state index in [2.05, 4.69) is 61.2 Å². The minimum absolute atomic E-state index is 0.0421. The lowest BCUT2D eigenvalue weighted by Gasteiger charge is -2.23. The summed E-state index contributed by atoms with van der Waals surface area (Å²) >= 11 is 0. The Morgan fingerprint density at radius 1 is 1.21 bits per heavy atom. The molecule has 1 fully saturated rings. The summed E-state index contributed by atoms with van der Waals surface area (Å²) in [7, 11) is 4.11. The van der Waals surface area contributed by atoms with E-state index in [0.29, 0.717) is 0 Å². The molecule has 2 rings (SSSR count). The number of rotatable bonds is 6. The van der Waals surface area contributed by atoms with E-state index in [0.717, 1.165) is 32.5 Å². The van der Waals surface area contributed by atoms with Gasteiger partial charge in [0, 0.05) is 32.9 Å². The number of nitrogens with zero attached hydrogens (tertiary/aromatic N) is 3. The lowest BCUT2D eigenvalue weighted by molar-refractivity contribution is 0.246. The van der Waals surface area contributed by atoms with Gasteiger partial charge in [0.25, 0.3) is 0 Å². The lowest BCUT2D eigenvalue weighted by atomic mass is 10.1. The van der Waals surface area contributed by atoms with Gasteiger partial charge in [-0.3, -0.25) is 4.90 Å². The SMILES string of the molecule is CCN(Cc1ccc(N(C)C)cc1)CC1(C#N)CC1. The zero-order valence-electron chi connectivity index (χ0n) is 12.2. The maximum Gasteiger partial charge on any atom is 0.0703 e. The standard InChI is InChI=1S/C16H23N3/c1-4-19(13-16(12-17)9-10-16)11-14-5-7-15(8-6-14)18(2)3/h5-8H,4,9-11,13H2,1-3H3. The maximum atomic E-state index is 9.18. The van der Waals surface area contributed by atoms with Crippen LogP contribution in [0.3, 0.4) is 0 Å². The summed E-state index contributed by atoms with van der Waals surface area (Å²) in [5, 5.41) is 9.18. The Labute approximate surface area is 116 Å². The van der Waals surface area contributed by atoms with Crippen molar-refractivity contribution in [2.45, 2.75) is 26.3 Å². The zero-order chi connectivity index (χ0) is 13.9. The molecule has 19 heavy (non-hydrogen) atoms. The van der Waals surface area contributed by atoms with Gasteiger partial charge >= 0.3 is 0 Å². The van der Waals surface area contributed by atoms with E-state index in [1.165, 1.54) is 11.3 Å². The highest BCUT2D eigenvalue weighted by Crippen LogP contribution is 2.45. The van der Waals surface area contributed by atoms with Crippen molar-refractivity contribution in [2.75, 3.05) is 32.1 Å². The molecule has 1 aliphatic carbocycles. The largest absolute Gasteiger partial charge is 0.378 e. The summed E-state index contributed by atoms with van der Waals surface area (Å²) in [6, 6.07) is 11.2. The molecule has 1 aromatic rings. The van der Waals surface area contributed by atoms with Crippen molar-refractivity contribution in [3.63, 3.8) is 0 Å². The average molecular weight is 257 g/mol. The monoisotopic (exact) mass is 257 g/mol. The van der Waals surface area contributed by atoms with Crippen LogP contribution in [0.1, 0.15) is 25.3 Å². The molecule has 1 aliphatic rings. The summed E-state index contributed by atoms with van der Waals surface area (Å²) in [5.41, 5.74) is 2.50. The van der Waals surface area contributed by atoms with E-state index in [1.807, 2.05) is 0 Å². The van der Waals surface area contributed by atoms with Crippen molar-refractivity contribution in [3.8, 4) is 6.07 Å². The molecule has 3 heteroatoms. The van der Waals surface area contributed by atoms with Gasteiger partial charge in [0.05, 0.1) is 11.5 Å². The molecular formula is C16H23N3. The van der Waals surface area contributed by atoms with Crippen molar-refractivity contribution in [2.24, 2.45) is 5.41 Å². The minimum Gasteiger partial charge on any atom is -0.378 e. The fourth-order valence-corrected chi connectivity index (χ4v) is 2.32. The predicted molar refractivity (Wildman–Crippen MR) is 79.0 cm³/mol. The molecule has 0 aromatic heterocycles. The van der Waals surface area contributed by atoms with E-state index in [1.54, 1.807) is 0 Å². The van der Waals surface area contributed by atoms with Crippen LogP contribution in [0.15, 0.2) is 24.3 Å². The zero-order valence-corrected chi connectivity index (χ0v) is 12.2. The Bertz CT molecular complexity index is 452. The van der Waals surface area contributed by atoms with Crippen LogP contribution in [0.4, 0.5) is 5.69 Å². The average Bonchev–Trinajstić information content (AvgIpc) is 3.19. The molecule has 0 unspecified atom stereocenters. The van der Waals surface area contributed by atoms with Crippen LogP contribution >= 0.6 is 0 Å². The lowest BCUT2D eigenvalue weighted by Crippen LogP contribution is -2.29. The second kappa shape index (κ2) is 5.63. The Hall–Kier alpha value is -1.53. The van der Waals surface area contributed by atoms with Gasteiger partial charge in [0.15, 0.2) is 0 Å².